The Morgan fingerprint density at radius 2 is 2.21 bits per heavy atom. The molecule has 0 bridgehead atoms. The predicted octanol–water partition coefficient (Wildman–Crippen LogP) is 2.00. The number of primary amides is 1. The zero-order valence-corrected chi connectivity index (χ0v) is 11.3. The smallest absolute Gasteiger partial charge is 0.248 e. The Kier molecular flexibility index (Phi) is 3.55. The van der Waals surface area contributed by atoms with Gasteiger partial charge in [0.1, 0.15) is 0 Å². The lowest BCUT2D eigenvalue weighted by molar-refractivity contribution is 0.1000. The molecular formula is C14H18N4O. The summed E-state index contributed by atoms with van der Waals surface area (Å²) in [5, 5.41) is 7.56. The van der Waals surface area contributed by atoms with Gasteiger partial charge in [0.2, 0.25) is 5.91 Å². The first-order valence-corrected chi connectivity index (χ1v) is 6.13. The van der Waals surface area contributed by atoms with Crippen molar-refractivity contribution in [3.8, 4) is 0 Å². The maximum Gasteiger partial charge on any atom is 0.248 e. The third-order valence-corrected chi connectivity index (χ3v) is 3.11. The predicted molar refractivity (Wildman–Crippen MR) is 74.9 cm³/mol. The number of hydrogen-bond donors (Lipinski definition) is 2. The summed E-state index contributed by atoms with van der Waals surface area (Å²) in [6, 6.07) is 5.54. The number of amides is 1. The Morgan fingerprint density at radius 1 is 1.47 bits per heavy atom. The van der Waals surface area contributed by atoms with Gasteiger partial charge in [0.25, 0.3) is 0 Å². The summed E-state index contributed by atoms with van der Waals surface area (Å²) in [4.78, 5) is 11.1. The van der Waals surface area contributed by atoms with Crippen LogP contribution in [0.15, 0.2) is 30.6 Å². The molecular weight excluding hydrogens is 240 g/mol. The molecule has 1 heterocycles. The van der Waals surface area contributed by atoms with E-state index in [0.717, 1.165) is 16.8 Å². The molecule has 5 nitrogen and oxygen atoms in total. The Balaban J connectivity index is 2.17. The minimum atomic E-state index is -0.407. The molecule has 3 N–H and O–H groups in total. The van der Waals surface area contributed by atoms with Crippen LogP contribution >= 0.6 is 0 Å². The molecule has 0 radical (unpaired) electrons. The van der Waals surface area contributed by atoms with Crippen LogP contribution in [-0.4, -0.2) is 15.7 Å². The number of rotatable bonds is 4. The molecule has 0 aliphatic carbocycles. The molecule has 0 fully saturated rings. The molecule has 100 valence electrons. The quantitative estimate of drug-likeness (QED) is 0.881. The third kappa shape index (κ3) is 2.93. The van der Waals surface area contributed by atoms with Crippen molar-refractivity contribution in [3.05, 3.63) is 47.3 Å². The van der Waals surface area contributed by atoms with Crippen molar-refractivity contribution >= 4 is 11.6 Å². The van der Waals surface area contributed by atoms with Crippen LogP contribution in [0.1, 0.15) is 34.5 Å². The fourth-order valence-electron chi connectivity index (χ4n) is 1.96. The van der Waals surface area contributed by atoms with E-state index in [4.69, 9.17) is 5.73 Å². The number of carbonyl (C=O) groups excluding carboxylic acids is 1. The molecule has 2 rings (SSSR count). The number of anilines is 1. The summed E-state index contributed by atoms with van der Waals surface area (Å²) in [6.45, 7) is 4.02. The van der Waals surface area contributed by atoms with Gasteiger partial charge in [-0.15, -0.1) is 0 Å². The van der Waals surface area contributed by atoms with Gasteiger partial charge in [-0.05, 0) is 37.6 Å². The van der Waals surface area contributed by atoms with Crippen molar-refractivity contribution in [1.29, 1.82) is 0 Å². The molecule has 19 heavy (non-hydrogen) atoms. The summed E-state index contributed by atoms with van der Waals surface area (Å²) in [7, 11) is 1.89. The standard InChI is InChI=1S/C14H18N4O/c1-9-6-11(14(15)19)4-5-13(9)17-10(2)12-7-16-18(3)8-12/h4-8,10,17H,1-3H3,(H2,15,19). The maximum atomic E-state index is 11.1. The Morgan fingerprint density at radius 3 is 2.74 bits per heavy atom. The molecule has 0 aliphatic rings. The van der Waals surface area contributed by atoms with E-state index in [2.05, 4.69) is 17.3 Å². The molecule has 2 aromatic rings. The van der Waals surface area contributed by atoms with Crippen molar-refractivity contribution in [3.63, 3.8) is 0 Å². The Labute approximate surface area is 112 Å². The zero-order chi connectivity index (χ0) is 14.0. The van der Waals surface area contributed by atoms with Crippen LogP contribution in [-0.2, 0) is 7.05 Å². The van der Waals surface area contributed by atoms with E-state index >= 15 is 0 Å². The topological polar surface area (TPSA) is 72.9 Å². The highest BCUT2D eigenvalue weighted by Gasteiger charge is 2.10. The fourth-order valence-corrected chi connectivity index (χ4v) is 1.96. The van der Waals surface area contributed by atoms with Crippen LogP contribution in [0.4, 0.5) is 5.69 Å². The fraction of sp³-hybridized carbons (Fsp3) is 0.286. The molecule has 0 aliphatic heterocycles. The molecule has 1 atom stereocenters. The average molecular weight is 258 g/mol. The minimum absolute atomic E-state index is 0.145. The number of benzene rings is 1. The first-order chi connectivity index (χ1) is 8.97. The molecule has 1 aromatic carbocycles. The molecule has 5 heteroatoms. The molecule has 1 aromatic heterocycles. The highest BCUT2D eigenvalue weighted by molar-refractivity contribution is 5.93. The van der Waals surface area contributed by atoms with Gasteiger partial charge in [-0.3, -0.25) is 9.48 Å². The van der Waals surface area contributed by atoms with E-state index in [9.17, 15) is 4.79 Å². The number of aryl methyl sites for hydroxylation is 2. The van der Waals surface area contributed by atoms with Gasteiger partial charge in [0, 0.05) is 30.1 Å². The molecule has 0 saturated heterocycles. The first-order valence-electron chi connectivity index (χ1n) is 6.13. The minimum Gasteiger partial charge on any atom is -0.378 e. The zero-order valence-electron chi connectivity index (χ0n) is 11.3. The normalized spacial score (nSPS) is 12.2. The van der Waals surface area contributed by atoms with E-state index in [-0.39, 0.29) is 6.04 Å². The second-order valence-corrected chi connectivity index (χ2v) is 4.71. The Bertz CT molecular complexity index is 603. The lowest BCUT2D eigenvalue weighted by atomic mass is 10.1. The van der Waals surface area contributed by atoms with E-state index in [1.54, 1.807) is 16.8 Å². The van der Waals surface area contributed by atoms with E-state index in [1.807, 2.05) is 32.4 Å². The second-order valence-electron chi connectivity index (χ2n) is 4.71. The van der Waals surface area contributed by atoms with Gasteiger partial charge >= 0.3 is 0 Å². The number of nitrogens with zero attached hydrogens (tertiary/aromatic N) is 2. The number of nitrogens with one attached hydrogen (secondary N) is 1. The van der Waals surface area contributed by atoms with Crippen molar-refractivity contribution in [2.45, 2.75) is 19.9 Å². The van der Waals surface area contributed by atoms with Gasteiger partial charge < -0.3 is 11.1 Å². The van der Waals surface area contributed by atoms with Gasteiger partial charge in [0.15, 0.2) is 0 Å². The molecule has 1 unspecified atom stereocenters. The van der Waals surface area contributed by atoms with Crippen LogP contribution in [0, 0.1) is 6.92 Å². The SMILES string of the molecule is Cc1cc(C(N)=O)ccc1NC(C)c1cnn(C)c1. The third-order valence-electron chi connectivity index (χ3n) is 3.11. The van der Waals surface area contributed by atoms with Crippen molar-refractivity contribution in [1.82, 2.24) is 9.78 Å². The van der Waals surface area contributed by atoms with Gasteiger partial charge in [-0.2, -0.15) is 5.10 Å². The molecule has 0 spiro atoms. The monoisotopic (exact) mass is 258 g/mol. The van der Waals surface area contributed by atoms with Gasteiger partial charge in [0.05, 0.1) is 12.2 Å². The number of hydrogen-bond acceptors (Lipinski definition) is 3. The highest BCUT2D eigenvalue weighted by atomic mass is 16.1. The average Bonchev–Trinajstić information content (AvgIpc) is 2.78. The summed E-state index contributed by atoms with van der Waals surface area (Å²) in [5.74, 6) is -0.407. The van der Waals surface area contributed by atoms with Crippen LogP contribution in [0.25, 0.3) is 0 Å². The van der Waals surface area contributed by atoms with Crippen LogP contribution in [0.5, 0.6) is 0 Å². The lowest BCUT2D eigenvalue weighted by Gasteiger charge is -2.16. The molecule has 1 amide bonds. The van der Waals surface area contributed by atoms with Gasteiger partial charge in [-0.1, -0.05) is 0 Å². The lowest BCUT2D eigenvalue weighted by Crippen LogP contribution is -2.12. The van der Waals surface area contributed by atoms with Crippen LogP contribution in [0.2, 0.25) is 0 Å². The summed E-state index contributed by atoms with van der Waals surface area (Å²) < 4.78 is 1.77. The summed E-state index contributed by atoms with van der Waals surface area (Å²) >= 11 is 0. The maximum absolute atomic E-state index is 11.1. The van der Waals surface area contributed by atoms with Crippen LogP contribution in [0.3, 0.4) is 0 Å². The number of nitrogens with two attached hydrogens (primary N) is 1. The molecule has 0 saturated carbocycles. The first kappa shape index (κ1) is 13.1. The van der Waals surface area contributed by atoms with E-state index in [0.29, 0.717) is 5.56 Å². The van der Waals surface area contributed by atoms with Crippen molar-refractivity contribution < 1.29 is 4.79 Å². The van der Waals surface area contributed by atoms with Crippen molar-refractivity contribution in [2.24, 2.45) is 12.8 Å². The number of aromatic nitrogens is 2. The second kappa shape index (κ2) is 5.14. The van der Waals surface area contributed by atoms with Gasteiger partial charge in [-0.25, -0.2) is 0 Å². The van der Waals surface area contributed by atoms with Crippen LogP contribution < -0.4 is 11.1 Å². The summed E-state index contributed by atoms with van der Waals surface area (Å²) in [5.41, 5.74) is 8.87. The highest BCUT2D eigenvalue weighted by Crippen LogP contribution is 2.22. The largest absolute Gasteiger partial charge is 0.378 e. The Hall–Kier alpha value is -2.30. The van der Waals surface area contributed by atoms with Crippen molar-refractivity contribution in [2.75, 3.05) is 5.32 Å². The number of carbonyl (C=O) groups is 1. The van der Waals surface area contributed by atoms with E-state index < -0.39 is 5.91 Å². The summed E-state index contributed by atoms with van der Waals surface area (Å²) in [6.07, 6.45) is 3.82. The van der Waals surface area contributed by atoms with E-state index in [1.165, 1.54) is 0 Å².